The van der Waals surface area contributed by atoms with Crippen molar-refractivity contribution < 1.29 is 0 Å². The zero-order chi connectivity index (χ0) is 10.2. The molecule has 0 aliphatic rings. The van der Waals surface area contributed by atoms with Crippen LogP contribution >= 0.6 is 11.6 Å². The van der Waals surface area contributed by atoms with Crippen LogP contribution in [0.3, 0.4) is 0 Å². The third-order valence-electron chi connectivity index (χ3n) is 1.86. The van der Waals surface area contributed by atoms with Crippen molar-refractivity contribution in [3.63, 3.8) is 0 Å². The van der Waals surface area contributed by atoms with Gasteiger partial charge in [0.2, 0.25) is 0 Å². The van der Waals surface area contributed by atoms with E-state index in [-0.39, 0.29) is 0 Å². The summed E-state index contributed by atoms with van der Waals surface area (Å²) in [6.07, 6.45) is 3.94. The Balaban J connectivity index is 2.69. The zero-order valence-electron chi connectivity index (χ0n) is 8.26. The fourth-order valence-corrected chi connectivity index (χ4v) is 1.26. The molecule has 0 saturated carbocycles. The van der Waals surface area contributed by atoms with Crippen molar-refractivity contribution in [1.82, 2.24) is 0 Å². The Kier molecular flexibility index (Phi) is 4.89. The molecule has 1 heteroatoms. The maximum Gasteiger partial charge on any atom is 0.0249 e. The summed E-state index contributed by atoms with van der Waals surface area (Å²) in [5, 5.41) is 0. The lowest BCUT2D eigenvalue weighted by atomic mass is 10.1. The van der Waals surface area contributed by atoms with Crippen LogP contribution in [0.15, 0.2) is 35.9 Å². The highest BCUT2D eigenvalue weighted by molar-refractivity contribution is 6.25. The number of halogens is 1. The van der Waals surface area contributed by atoms with Crippen LogP contribution in [-0.4, -0.2) is 0 Å². The van der Waals surface area contributed by atoms with Crippen LogP contribution in [-0.2, 0) is 6.42 Å². The van der Waals surface area contributed by atoms with Crippen LogP contribution in [0.2, 0.25) is 0 Å². The van der Waals surface area contributed by atoms with Crippen molar-refractivity contribution >= 4 is 11.6 Å². The van der Waals surface area contributed by atoms with E-state index in [0.29, 0.717) is 0 Å². The highest BCUT2D eigenvalue weighted by Crippen LogP contribution is 2.05. The monoisotopic (exact) mass is 204 g/mol. The third-order valence-corrected chi connectivity index (χ3v) is 1.98. The number of benzene rings is 1. The van der Waals surface area contributed by atoms with E-state index < -0.39 is 0 Å². The molecule has 0 unspecified atom stereocenters. The highest BCUT2D eigenvalue weighted by atomic mass is 35.5. The van der Waals surface area contributed by atoms with Gasteiger partial charge >= 0.3 is 0 Å². The smallest absolute Gasteiger partial charge is 0.0249 e. The van der Waals surface area contributed by atoms with Crippen LogP contribution in [0.25, 0.3) is 0 Å². The summed E-state index contributed by atoms with van der Waals surface area (Å²) in [5.74, 6) is 5.83. The molecule has 14 heavy (non-hydrogen) atoms. The Bertz CT molecular complexity index is 349. The van der Waals surface area contributed by atoms with Gasteiger partial charge in [0.25, 0.3) is 0 Å². The molecule has 0 nitrogen and oxygen atoms in total. The molecule has 0 heterocycles. The second-order valence-electron chi connectivity index (χ2n) is 3.01. The molecule has 0 fully saturated rings. The molecule has 0 atom stereocenters. The van der Waals surface area contributed by atoms with E-state index in [0.717, 1.165) is 12.0 Å². The predicted octanol–water partition coefficient (Wildman–Crippen LogP) is 3.74. The van der Waals surface area contributed by atoms with E-state index in [1.165, 1.54) is 17.5 Å². The normalized spacial score (nSPS) is 9.86. The summed E-state index contributed by atoms with van der Waals surface area (Å²) < 4.78 is 0. The number of aryl methyl sites for hydroxylation is 1. The number of hydrogen-bond donors (Lipinski definition) is 0. The lowest BCUT2D eigenvalue weighted by Gasteiger charge is -1.97. The van der Waals surface area contributed by atoms with Crippen LogP contribution < -0.4 is 0 Å². The molecular weight excluding hydrogens is 192 g/mol. The maximum absolute atomic E-state index is 5.35. The third kappa shape index (κ3) is 3.68. The second kappa shape index (κ2) is 6.29. The van der Waals surface area contributed by atoms with Crippen molar-refractivity contribution in [1.29, 1.82) is 0 Å². The van der Waals surface area contributed by atoms with E-state index >= 15 is 0 Å². The number of allylic oxidation sites excluding steroid dienone is 1. The van der Waals surface area contributed by atoms with Gasteiger partial charge in [-0.2, -0.15) is 0 Å². The minimum absolute atomic E-state index is 1.03. The van der Waals surface area contributed by atoms with E-state index in [2.05, 4.69) is 30.9 Å². The van der Waals surface area contributed by atoms with Gasteiger partial charge in [-0.1, -0.05) is 48.9 Å². The van der Waals surface area contributed by atoms with Gasteiger partial charge in [-0.3, -0.25) is 0 Å². The van der Waals surface area contributed by atoms with Crippen LogP contribution in [0.4, 0.5) is 0 Å². The molecule has 72 valence electrons. The molecule has 0 amide bonds. The first-order valence-corrected chi connectivity index (χ1v) is 5.16. The average molecular weight is 205 g/mol. The van der Waals surface area contributed by atoms with Crippen LogP contribution in [0.5, 0.6) is 0 Å². The summed E-state index contributed by atoms with van der Waals surface area (Å²) in [6.45, 7) is 2.18. The Labute approximate surface area is 90.6 Å². The minimum Gasteiger partial charge on any atom is -0.0923 e. The first kappa shape index (κ1) is 10.9. The molecule has 0 spiro atoms. The topological polar surface area (TPSA) is 0 Å². The van der Waals surface area contributed by atoms with Gasteiger partial charge in [-0.05, 0) is 30.2 Å². The van der Waals surface area contributed by atoms with Crippen molar-refractivity contribution in [2.45, 2.75) is 19.8 Å². The van der Waals surface area contributed by atoms with Gasteiger partial charge in [0.1, 0.15) is 0 Å². The molecule has 0 saturated heterocycles. The number of hydrogen-bond acceptors (Lipinski definition) is 0. The fourth-order valence-electron chi connectivity index (χ4n) is 1.20. The van der Waals surface area contributed by atoms with Crippen LogP contribution in [0, 0.1) is 11.8 Å². The molecule has 0 aliphatic heterocycles. The van der Waals surface area contributed by atoms with Gasteiger partial charge in [-0.25, -0.2) is 0 Å². The largest absolute Gasteiger partial charge is 0.0923 e. The maximum atomic E-state index is 5.35. The first-order chi connectivity index (χ1) is 6.86. The summed E-state index contributed by atoms with van der Waals surface area (Å²) in [6, 6.07) is 8.33. The molecule has 1 aromatic rings. The predicted molar refractivity (Wildman–Crippen MR) is 62.3 cm³/mol. The Morgan fingerprint density at radius 2 is 2.00 bits per heavy atom. The summed E-state index contributed by atoms with van der Waals surface area (Å²) in [5.41, 5.74) is 3.81. The van der Waals surface area contributed by atoms with Gasteiger partial charge < -0.3 is 0 Å². The molecule has 0 N–H and O–H groups in total. The average Bonchev–Trinajstić information content (AvgIpc) is 2.21. The molecular formula is C13H13Cl. The van der Waals surface area contributed by atoms with Crippen molar-refractivity contribution in [3.05, 3.63) is 47.0 Å². The van der Waals surface area contributed by atoms with Crippen molar-refractivity contribution in [2.75, 3.05) is 0 Å². The highest BCUT2D eigenvalue weighted by Gasteiger charge is 1.90. The lowest BCUT2D eigenvalue weighted by Crippen LogP contribution is -1.82. The van der Waals surface area contributed by atoms with E-state index in [9.17, 15) is 0 Å². The SMILES string of the molecule is CCCc1ccc(C#CC=CCl)cc1. The Morgan fingerprint density at radius 1 is 1.29 bits per heavy atom. The van der Waals surface area contributed by atoms with Gasteiger partial charge in [-0.15, -0.1) is 0 Å². The van der Waals surface area contributed by atoms with Gasteiger partial charge in [0.15, 0.2) is 0 Å². The first-order valence-electron chi connectivity index (χ1n) is 4.72. The summed E-state index contributed by atoms with van der Waals surface area (Å²) >= 11 is 5.35. The molecule has 1 rings (SSSR count). The fraction of sp³-hybridized carbons (Fsp3) is 0.231. The summed E-state index contributed by atoms with van der Waals surface area (Å²) in [4.78, 5) is 0. The van der Waals surface area contributed by atoms with Crippen LogP contribution in [0.1, 0.15) is 24.5 Å². The van der Waals surface area contributed by atoms with E-state index in [1.54, 1.807) is 6.08 Å². The molecule has 1 aromatic carbocycles. The second-order valence-corrected chi connectivity index (χ2v) is 3.26. The van der Waals surface area contributed by atoms with Crippen molar-refractivity contribution in [2.24, 2.45) is 0 Å². The minimum atomic E-state index is 1.03. The standard InChI is InChI=1S/C13H13Cl/c1-2-5-12-7-9-13(10-8-12)6-3-4-11-14/h4,7-11H,2,5H2,1H3. The summed E-state index contributed by atoms with van der Waals surface area (Å²) in [7, 11) is 0. The quantitative estimate of drug-likeness (QED) is 0.644. The zero-order valence-corrected chi connectivity index (χ0v) is 9.01. The molecule has 0 aliphatic carbocycles. The van der Waals surface area contributed by atoms with Crippen molar-refractivity contribution in [3.8, 4) is 11.8 Å². The van der Waals surface area contributed by atoms with E-state index in [4.69, 9.17) is 11.6 Å². The molecule has 0 radical (unpaired) electrons. The molecule has 0 aromatic heterocycles. The number of rotatable bonds is 2. The van der Waals surface area contributed by atoms with E-state index in [1.807, 2.05) is 12.1 Å². The van der Waals surface area contributed by atoms with Gasteiger partial charge in [0.05, 0.1) is 0 Å². The van der Waals surface area contributed by atoms with Gasteiger partial charge in [0, 0.05) is 11.1 Å². The molecule has 0 bridgehead atoms. The Hall–Kier alpha value is -1.19. The Morgan fingerprint density at radius 3 is 2.57 bits per heavy atom. The lowest BCUT2D eigenvalue weighted by molar-refractivity contribution is 0.922.